The van der Waals surface area contributed by atoms with Crippen LogP contribution in [0.5, 0.6) is 28.7 Å². The van der Waals surface area contributed by atoms with E-state index in [-0.39, 0.29) is 17.7 Å². The molecule has 2 aliphatic rings. The number of ether oxygens (including phenoxy) is 3. The molecule has 1 aliphatic carbocycles. The van der Waals surface area contributed by atoms with Crippen LogP contribution in [-0.2, 0) is 26.2 Å². The number of carbonyl (C=O) groups is 3. The fourth-order valence-corrected chi connectivity index (χ4v) is 7.18. The third kappa shape index (κ3) is 8.94. The zero-order valence-corrected chi connectivity index (χ0v) is 30.4. The molecule has 6 rings (SSSR count). The Morgan fingerprint density at radius 3 is 1.96 bits per heavy atom. The van der Waals surface area contributed by atoms with Gasteiger partial charge in [-0.15, -0.1) is 0 Å². The Kier molecular flexibility index (Phi) is 11.2. The summed E-state index contributed by atoms with van der Waals surface area (Å²) in [5.41, 5.74) is 3.49. The Balaban J connectivity index is 1.24. The van der Waals surface area contributed by atoms with Crippen molar-refractivity contribution in [2.75, 3.05) is 13.7 Å². The van der Waals surface area contributed by atoms with Gasteiger partial charge in [-0.1, -0.05) is 63.9 Å². The molecule has 2 unspecified atom stereocenters. The maximum atomic E-state index is 14.4. The highest BCUT2D eigenvalue weighted by Crippen LogP contribution is 2.37. The summed E-state index contributed by atoms with van der Waals surface area (Å²) in [7, 11) is 1.60. The second-order valence-corrected chi connectivity index (χ2v) is 14.8. The van der Waals surface area contributed by atoms with Crippen LogP contribution >= 0.6 is 0 Å². The average molecular weight is 705 g/mol. The molecule has 1 fully saturated rings. The van der Waals surface area contributed by atoms with Crippen LogP contribution in [-0.4, -0.2) is 41.4 Å². The minimum atomic E-state index is -1.06. The van der Waals surface area contributed by atoms with Gasteiger partial charge in [-0.2, -0.15) is 0 Å². The number of carbonyl (C=O) groups excluding carboxylic acids is 2. The maximum Gasteiger partial charge on any atom is 0.305 e. The smallest absolute Gasteiger partial charge is 0.305 e. The topological polar surface area (TPSA) is 114 Å². The van der Waals surface area contributed by atoms with E-state index in [0.29, 0.717) is 59.6 Å². The monoisotopic (exact) mass is 704 g/mol. The van der Waals surface area contributed by atoms with Crippen molar-refractivity contribution in [1.82, 2.24) is 10.2 Å². The summed E-state index contributed by atoms with van der Waals surface area (Å²) in [6.45, 7) is 6.88. The van der Waals surface area contributed by atoms with Crippen molar-refractivity contribution >= 4 is 17.8 Å². The molecular formula is C43H48N2O7. The number of hydrogen-bond donors (Lipinski definition) is 2. The van der Waals surface area contributed by atoms with Crippen molar-refractivity contribution in [3.63, 3.8) is 0 Å². The SMILES string of the molecule is COc1ccc(Oc2ccc(C(CC(=O)O)NC(=O)C3c4ccc(Oc5ccc(C(C)(C)C)cc5)cc4CCN3C(=O)CC3CCCC3)cc2)cc1. The van der Waals surface area contributed by atoms with Gasteiger partial charge in [0.2, 0.25) is 11.8 Å². The van der Waals surface area contributed by atoms with E-state index in [1.807, 2.05) is 30.3 Å². The first kappa shape index (κ1) is 36.5. The Bertz CT molecular complexity index is 1860. The number of amides is 2. The van der Waals surface area contributed by atoms with Crippen LogP contribution < -0.4 is 19.5 Å². The molecule has 9 nitrogen and oxygen atoms in total. The molecule has 272 valence electrons. The lowest BCUT2D eigenvalue weighted by Gasteiger charge is -2.38. The van der Waals surface area contributed by atoms with Crippen LogP contribution in [0.3, 0.4) is 0 Å². The van der Waals surface area contributed by atoms with Crippen molar-refractivity contribution in [2.45, 2.75) is 83.2 Å². The normalized spacial score (nSPS) is 16.5. The van der Waals surface area contributed by atoms with Gasteiger partial charge in [0.05, 0.1) is 19.6 Å². The van der Waals surface area contributed by atoms with Crippen LogP contribution in [0, 0.1) is 5.92 Å². The summed E-state index contributed by atoms with van der Waals surface area (Å²) in [5, 5.41) is 12.9. The number of aliphatic carboxylic acids is 1. The highest BCUT2D eigenvalue weighted by atomic mass is 16.5. The predicted molar refractivity (Wildman–Crippen MR) is 199 cm³/mol. The van der Waals surface area contributed by atoms with E-state index in [1.54, 1.807) is 60.5 Å². The third-order valence-corrected chi connectivity index (χ3v) is 10.1. The number of rotatable bonds is 12. The number of methoxy groups -OCH3 is 1. The van der Waals surface area contributed by atoms with E-state index >= 15 is 0 Å². The van der Waals surface area contributed by atoms with Gasteiger partial charge in [0, 0.05) is 13.0 Å². The van der Waals surface area contributed by atoms with E-state index in [1.165, 1.54) is 5.56 Å². The molecular weight excluding hydrogens is 656 g/mol. The van der Waals surface area contributed by atoms with E-state index in [4.69, 9.17) is 14.2 Å². The zero-order chi connectivity index (χ0) is 36.8. The van der Waals surface area contributed by atoms with Gasteiger partial charge in [-0.25, -0.2) is 0 Å². The van der Waals surface area contributed by atoms with Crippen molar-refractivity contribution < 1.29 is 33.7 Å². The lowest BCUT2D eigenvalue weighted by molar-refractivity contribution is -0.143. The molecule has 2 amide bonds. The van der Waals surface area contributed by atoms with E-state index < -0.39 is 24.0 Å². The van der Waals surface area contributed by atoms with Crippen LogP contribution in [0.25, 0.3) is 0 Å². The third-order valence-electron chi connectivity index (χ3n) is 10.1. The van der Waals surface area contributed by atoms with Crippen LogP contribution in [0.2, 0.25) is 0 Å². The standard InChI is InChI=1S/C43H48N2O7/c1-43(2,3)31-11-15-34(16-12-31)52-36-21-22-37-30(26-36)23-24-45(39(46)25-28-7-5-6-8-28)41(37)42(49)44-38(27-40(47)48)29-9-13-33(14-10-29)51-35-19-17-32(50-4)18-20-35/h9-22,26,28,38,41H,5-8,23-25,27H2,1-4H3,(H,44,49)(H,47,48). The van der Waals surface area contributed by atoms with Gasteiger partial charge < -0.3 is 29.5 Å². The number of carboxylic acids is 1. The number of carboxylic acid groups (broad SMARTS) is 1. The van der Waals surface area contributed by atoms with E-state index in [9.17, 15) is 19.5 Å². The lowest BCUT2D eigenvalue weighted by atomic mass is 9.87. The summed E-state index contributed by atoms with van der Waals surface area (Å²) in [6.07, 6.45) is 4.91. The second-order valence-electron chi connectivity index (χ2n) is 14.8. The quantitative estimate of drug-likeness (QED) is 0.151. The van der Waals surface area contributed by atoms with E-state index in [2.05, 4.69) is 38.2 Å². The zero-order valence-electron chi connectivity index (χ0n) is 30.4. The molecule has 0 bridgehead atoms. The van der Waals surface area contributed by atoms with Crippen molar-refractivity contribution in [3.05, 3.63) is 113 Å². The van der Waals surface area contributed by atoms with Crippen molar-refractivity contribution in [1.29, 1.82) is 0 Å². The van der Waals surface area contributed by atoms with Gasteiger partial charge in [0.15, 0.2) is 0 Å². The Morgan fingerprint density at radius 1 is 0.808 bits per heavy atom. The van der Waals surface area contributed by atoms with Gasteiger partial charge in [0.25, 0.3) is 0 Å². The summed E-state index contributed by atoms with van der Waals surface area (Å²) in [6, 6.07) is 26.1. The molecule has 2 N–H and O–H groups in total. The minimum absolute atomic E-state index is 0.0280. The molecule has 0 saturated heterocycles. The number of hydrogen-bond acceptors (Lipinski definition) is 6. The van der Waals surface area contributed by atoms with Crippen LogP contribution in [0.15, 0.2) is 91.0 Å². The molecule has 1 aliphatic heterocycles. The van der Waals surface area contributed by atoms with Crippen molar-refractivity contribution in [3.8, 4) is 28.7 Å². The lowest BCUT2D eigenvalue weighted by Crippen LogP contribution is -2.48. The molecule has 9 heteroatoms. The van der Waals surface area contributed by atoms with E-state index in [0.717, 1.165) is 36.8 Å². The second kappa shape index (κ2) is 15.9. The first-order valence-corrected chi connectivity index (χ1v) is 18.1. The Hall–Kier alpha value is -5.31. The first-order valence-electron chi connectivity index (χ1n) is 18.1. The largest absolute Gasteiger partial charge is 0.497 e. The van der Waals surface area contributed by atoms with Gasteiger partial charge in [-0.3, -0.25) is 14.4 Å². The molecule has 2 atom stereocenters. The summed E-state index contributed by atoms with van der Waals surface area (Å²) in [4.78, 5) is 42.0. The molecule has 0 radical (unpaired) electrons. The average Bonchev–Trinajstić information content (AvgIpc) is 3.64. The highest BCUT2D eigenvalue weighted by Gasteiger charge is 2.38. The molecule has 52 heavy (non-hydrogen) atoms. The number of fused-ring (bicyclic) bond motifs is 1. The molecule has 1 heterocycles. The number of benzene rings is 4. The summed E-state index contributed by atoms with van der Waals surface area (Å²) < 4.78 is 17.4. The maximum absolute atomic E-state index is 14.4. The number of nitrogens with zero attached hydrogens (tertiary/aromatic N) is 1. The Morgan fingerprint density at radius 2 is 1.37 bits per heavy atom. The fourth-order valence-electron chi connectivity index (χ4n) is 7.18. The molecule has 0 aromatic heterocycles. The first-order chi connectivity index (χ1) is 25.0. The molecule has 1 saturated carbocycles. The predicted octanol–water partition coefficient (Wildman–Crippen LogP) is 8.92. The van der Waals surface area contributed by atoms with Crippen LogP contribution in [0.1, 0.15) is 93.6 Å². The summed E-state index contributed by atoms with van der Waals surface area (Å²) in [5.74, 6) is 2.04. The van der Waals surface area contributed by atoms with Crippen molar-refractivity contribution in [2.24, 2.45) is 5.92 Å². The van der Waals surface area contributed by atoms with Gasteiger partial charge in [0.1, 0.15) is 34.8 Å². The fraction of sp³-hybridized carbons (Fsp3) is 0.372. The minimum Gasteiger partial charge on any atom is -0.497 e. The van der Waals surface area contributed by atoms with Gasteiger partial charge >= 0.3 is 5.97 Å². The Labute approximate surface area is 305 Å². The summed E-state index contributed by atoms with van der Waals surface area (Å²) >= 11 is 0. The molecule has 4 aromatic carbocycles. The molecule has 4 aromatic rings. The van der Waals surface area contributed by atoms with Gasteiger partial charge in [-0.05, 0) is 114 Å². The highest BCUT2D eigenvalue weighted by molar-refractivity contribution is 5.90. The number of nitrogens with one attached hydrogen (secondary N) is 1. The van der Waals surface area contributed by atoms with Crippen LogP contribution in [0.4, 0.5) is 0 Å². The molecule has 0 spiro atoms.